The number of thioether (sulfide) groups is 1. The highest BCUT2D eigenvalue weighted by Crippen LogP contribution is 2.29. The highest BCUT2D eigenvalue weighted by atomic mass is 35.5. The Bertz CT molecular complexity index is 821. The van der Waals surface area contributed by atoms with Crippen LogP contribution < -0.4 is 0 Å². The molecule has 148 valence electrons. The van der Waals surface area contributed by atoms with Gasteiger partial charge in [0.2, 0.25) is 11.8 Å². The highest BCUT2D eigenvalue weighted by molar-refractivity contribution is 8.00. The summed E-state index contributed by atoms with van der Waals surface area (Å²) in [5.74, 6) is 0.626. The molecule has 0 spiro atoms. The molecule has 28 heavy (non-hydrogen) atoms. The first-order valence-electron chi connectivity index (χ1n) is 9.52. The predicted molar refractivity (Wildman–Crippen MR) is 115 cm³/mol. The van der Waals surface area contributed by atoms with Crippen molar-refractivity contribution in [2.75, 3.05) is 31.9 Å². The van der Waals surface area contributed by atoms with E-state index in [1.807, 2.05) is 65.3 Å². The van der Waals surface area contributed by atoms with Gasteiger partial charge in [0.05, 0.1) is 10.8 Å². The SMILES string of the molecule is Cc1cccc(SCC(=O)N2CCN(C(=O)CCc3ccccc3)CC2)c1Cl. The standard InChI is InChI=1S/C22H25ClN2O2S/c1-17-6-5-9-19(22(17)23)28-16-21(27)25-14-12-24(13-15-25)20(26)11-10-18-7-3-2-4-8-18/h2-9H,10-16H2,1H3. The number of hydrogen-bond donors (Lipinski definition) is 0. The van der Waals surface area contributed by atoms with Crippen LogP contribution in [-0.4, -0.2) is 53.5 Å². The third-order valence-electron chi connectivity index (χ3n) is 4.96. The molecule has 1 saturated heterocycles. The van der Waals surface area contributed by atoms with E-state index in [1.165, 1.54) is 17.3 Å². The minimum absolute atomic E-state index is 0.0963. The molecule has 3 rings (SSSR count). The van der Waals surface area contributed by atoms with Crippen molar-refractivity contribution in [2.24, 2.45) is 0 Å². The van der Waals surface area contributed by atoms with Crippen molar-refractivity contribution in [3.8, 4) is 0 Å². The average molecular weight is 417 g/mol. The molecule has 0 saturated carbocycles. The lowest BCUT2D eigenvalue weighted by Crippen LogP contribution is -2.51. The summed E-state index contributed by atoms with van der Waals surface area (Å²) in [4.78, 5) is 29.6. The van der Waals surface area contributed by atoms with Gasteiger partial charge in [0.1, 0.15) is 0 Å². The second-order valence-electron chi connectivity index (χ2n) is 6.92. The number of piperazine rings is 1. The van der Waals surface area contributed by atoms with Crippen LogP contribution in [0.2, 0.25) is 5.02 Å². The Hall–Kier alpha value is -1.98. The number of amides is 2. The van der Waals surface area contributed by atoms with E-state index in [1.54, 1.807) is 0 Å². The summed E-state index contributed by atoms with van der Waals surface area (Å²) in [6.07, 6.45) is 1.27. The molecule has 2 aromatic carbocycles. The molecular formula is C22H25ClN2O2S. The zero-order valence-electron chi connectivity index (χ0n) is 16.1. The van der Waals surface area contributed by atoms with Gasteiger partial charge in [0.25, 0.3) is 0 Å². The first kappa shape index (κ1) is 20.7. The van der Waals surface area contributed by atoms with Crippen molar-refractivity contribution in [1.29, 1.82) is 0 Å². The molecule has 1 heterocycles. The Morgan fingerprint density at radius 2 is 1.57 bits per heavy atom. The van der Waals surface area contributed by atoms with Crippen molar-refractivity contribution < 1.29 is 9.59 Å². The lowest BCUT2D eigenvalue weighted by molar-refractivity contribution is -0.138. The van der Waals surface area contributed by atoms with E-state index >= 15 is 0 Å². The van der Waals surface area contributed by atoms with Crippen molar-refractivity contribution in [1.82, 2.24) is 9.80 Å². The van der Waals surface area contributed by atoms with Crippen molar-refractivity contribution in [2.45, 2.75) is 24.7 Å². The van der Waals surface area contributed by atoms with E-state index in [2.05, 4.69) is 0 Å². The molecule has 0 radical (unpaired) electrons. The third kappa shape index (κ3) is 5.52. The molecule has 0 unspecified atom stereocenters. The molecule has 6 heteroatoms. The Morgan fingerprint density at radius 3 is 2.25 bits per heavy atom. The number of rotatable bonds is 6. The van der Waals surface area contributed by atoms with Crippen LogP contribution in [0, 0.1) is 6.92 Å². The van der Waals surface area contributed by atoms with Crippen molar-refractivity contribution in [3.63, 3.8) is 0 Å². The zero-order chi connectivity index (χ0) is 19.9. The van der Waals surface area contributed by atoms with Crippen molar-refractivity contribution in [3.05, 3.63) is 64.7 Å². The van der Waals surface area contributed by atoms with Gasteiger partial charge in [-0.25, -0.2) is 0 Å². The second kappa shape index (κ2) is 9.99. The molecule has 1 aliphatic heterocycles. The van der Waals surface area contributed by atoms with Gasteiger partial charge >= 0.3 is 0 Å². The van der Waals surface area contributed by atoms with E-state index in [9.17, 15) is 9.59 Å². The number of aryl methyl sites for hydroxylation is 2. The summed E-state index contributed by atoms with van der Waals surface area (Å²) in [5.41, 5.74) is 2.19. The summed E-state index contributed by atoms with van der Waals surface area (Å²) in [6.45, 7) is 4.36. The van der Waals surface area contributed by atoms with Crippen LogP contribution >= 0.6 is 23.4 Å². The van der Waals surface area contributed by atoms with Gasteiger partial charge < -0.3 is 9.80 Å². The van der Waals surface area contributed by atoms with Gasteiger partial charge in [-0.1, -0.05) is 54.1 Å². The van der Waals surface area contributed by atoms with Crippen LogP contribution in [0.15, 0.2) is 53.4 Å². The highest BCUT2D eigenvalue weighted by Gasteiger charge is 2.24. The van der Waals surface area contributed by atoms with Gasteiger partial charge in [0.15, 0.2) is 0 Å². The largest absolute Gasteiger partial charge is 0.339 e. The van der Waals surface area contributed by atoms with Gasteiger partial charge in [-0.3, -0.25) is 9.59 Å². The molecule has 4 nitrogen and oxygen atoms in total. The zero-order valence-corrected chi connectivity index (χ0v) is 17.6. The lowest BCUT2D eigenvalue weighted by Gasteiger charge is -2.35. The molecule has 1 fully saturated rings. The predicted octanol–water partition coefficient (Wildman–Crippen LogP) is 4.04. The Labute approximate surface area is 175 Å². The maximum atomic E-state index is 12.5. The number of halogens is 1. The van der Waals surface area contributed by atoms with E-state index < -0.39 is 0 Å². The van der Waals surface area contributed by atoms with Crippen LogP contribution in [0.1, 0.15) is 17.5 Å². The topological polar surface area (TPSA) is 40.6 Å². The Balaban J connectivity index is 1.42. The van der Waals surface area contributed by atoms with Crippen LogP contribution in [-0.2, 0) is 16.0 Å². The number of nitrogens with zero attached hydrogens (tertiary/aromatic N) is 2. The Morgan fingerprint density at radius 1 is 0.929 bits per heavy atom. The third-order valence-corrected chi connectivity index (χ3v) is 6.62. The fourth-order valence-corrected chi connectivity index (χ4v) is 4.44. The summed E-state index contributed by atoms with van der Waals surface area (Å²) < 4.78 is 0. The molecule has 1 aliphatic rings. The minimum atomic E-state index is 0.0963. The molecule has 0 N–H and O–H groups in total. The normalized spacial score (nSPS) is 14.2. The van der Waals surface area contributed by atoms with Crippen LogP contribution in [0.25, 0.3) is 0 Å². The number of hydrogen-bond acceptors (Lipinski definition) is 3. The summed E-state index contributed by atoms with van der Waals surface area (Å²) in [5, 5.41) is 0.717. The first-order chi connectivity index (χ1) is 13.5. The molecule has 2 amide bonds. The summed E-state index contributed by atoms with van der Waals surface area (Å²) in [7, 11) is 0. The number of carbonyl (C=O) groups excluding carboxylic acids is 2. The molecule has 0 aromatic heterocycles. The van der Waals surface area contributed by atoms with E-state index in [-0.39, 0.29) is 11.8 Å². The fourth-order valence-electron chi connectivity index (χ4n) is 3.22. The average Bonchev–Trinajstić information content (AvgIpc) is 2.73. The van der Waals surface area contributed by atoms with E-state index in [4.69, 9.17) is 11.6 Å². The Kier molecular flexibility index (Phi) is 7.40. The lowest BCUT2D eigenvalue weighted by atomic mass is 10.1. The smallest absolute Gasteiger partial charge is 0.233 e. The maximum Gasteiger partial charge on any atom is 0.233 e. The molecular weight excluding hydrogens is 392 g/mol. The second-order valence-corrected chi connectivity index (χ2v) is 8.32. The molecule has 0 atom stereocenters. The quantitative estimate of drug-likeness (QED) is 0.667. The van der Waals surface area contributed by atoms with Gasteiger partial charge in [0, 0.05) is 37.5 Å². The molecule has 0 aliphatic carbocycles. The number of benzene rings is 2. The number of carbonyl (C=O) groups is 2. The summed E-state index contributed by atoms with van der Waals surface area (Å²) >= 11 is 7.77. The molecule has 0 bridgehead atoms. The van der Waals surface area contributed by atoms with E-state index in [0.29, 0.717) is 43.4 Å². The van der Waals surface area contributed by atoms with Crippen molar-refractivity contribution >= 4 is 35.2 Å². The van der Waals surface area contributed by atoms with Gasteiger partial charge in [-0.15, -0.1) is 11.8 Å². The maximum absolute atomic E-state index is 12.5. The van der Waals surface area contributed by atoms with Crippen LogP contribution in [0.3, 0.4) is 0 Å². The van der Waals surface area contributed by atoms with Gasteiger partial charge in [-0.2, -0.15) is 0 Å². The summed E-state index contributed by atoms with van der Waals surface area (Å²) in [6, 6.07) is 15.9. The monoisotopic (exact) mass is 416 g/mol. The van der Waals surface area contributed by atoms with E-state index in [0.717, 1.165) is 16.9 Å². The first-order valence-corrected chi connectivity index (χ1v) is 10.9. The molecule has 2 aromatic rings. The van der Waals surface area contributed by atoms with Crippen LogP contribution in [0.4, 0.5) is 0 Å². The van der Waals surface area contributed by atoms with Gasteiger partial charge in [-0.05, 0) is 30.5 Å². The fraction of sp³-hybridized carbons (Fsp3) is 0.364. The van der Waals surface area contributed by atoms with Crippen LogP contribution in [0.5, 0.6) is 0 Å². The minimum Gasteiger partial charge on any atom is -0.339 e.